The van der Waals surface area contributed by atoms with E-state index >= 15 is 0 Å². The van der Waals surface area contributed by atoms with E-state index in [9.17, 15) is 22.0 Å². The second-order valence-corrected chi connectivity index (χ2v) is 4.08. The Balaban J connectivity index is 2.55. The molecule has 0 fully saturated rings. The van der Waals surface area contributed by atoms with E-state index in [1.54, 1.807) is 0 Å². The highest BCUT2D eigenvalue weighted by atomic mass is 19.4. The van der Waals surface area contributed by atoms with Crippen LogP contribution in [0.15, 0.2) is 36.7 Å². The number of hydrogen-bond acceptors (Lipinski definition) is 2. The first-order chi connectivity index (χ1) is 9.32. The van der Waals surface area contributed by atoms with E-state index in [-0.39, 0.29) is 5.56 Å². The molecule has 7 heteroatoms. The third kappa shape index (κ3) is 2.62. The molecular weight excluding hydrogens is 279 g/mol. The van der Waals surface area contributed by atoms with Gasteiger partial charge in [0, 0.05) is 23.5 Å². The van der Waals surface area contributed by atoms with Crippen LogP contribution in [0.2, 0.25) is 0 Å². The van der Waals surface area contributed by atoms with E-state index in [0.717, 1.165) is 30.6 Å². The maximum absolute atomic E-state index is 13.6. The Morgan fingerprint density at radius 1 is 1.05 bits per heavy atom. The lowest BCUT2D eigenvalue weighted by molar-refractivity contribution is -0.138. The number of aromatic nitrogens is 1. The number of halogens is 5. The molecule has 1 heterocycles. The molecule has 0 amide bonds. The van der Waals surface area contributed by atoms with Gasteiger partial charge in [-0.1, -0.05) is 12.1 Å². The smallest absolute Gasteiger partial charge is 0.320 e. The van der Waals surface area contributed by atoms with Crippen LogP contribution in [0.25, 0.3) is 0 Å². The Kier molecular flexibility index (Phi) is 3.71. The molecule has 0 bridgehead atoms. The molecule has 2 rings (SSSR count). The van der Waals surface area contributed by atoms with Gasteiger partial charge in [-0.05, 0) is 12.1 Å². The van der Waals surface area contributed by atoms with Crippen molar-refractivity contribution < 1.29 is 22.0 Å². The Bertz CT molecular complexity index is 624. The van der Waals surface area contributed by atoms with Crippen LogP contribution in [-0.4, -0.2) is 4.98 Å². The Labute approximate surface area is 111 Å². The molecule has 0 spiro atoms. The van der Waals surface area contributed by atoms with E-state index in [0.29, 0.717) is 0 Å². The minimum Gasteiger partial charge on any atom is -0.320 e. The van der Waals surface area contributed by atoms with Crippen LogP contribution in [0.4, 0.5) is 22.0 Å². The molecule has 0 saturated carbocycles. The summed E-state index contributed by atoms with van der Waals surface area (Å²) in [6, 6.07) is 2.45. The van der Waals surface area contributed by atoms with Crippen LogP contribution in [-0.2, 0) is 6.18 Å². The second kappa shape index (κ2) is 5.16. The average molecular weight is 288 g/mol. The van der Waals surface area contributed by atoms with E-state index in [2.05, 4.69) is 4.98 Å². The highest BCUT2D eigenvalue weighted by Gasteiger charge is 2.35. The maximum atomic E-state index is 13.6. The summed E-state index contributed by atoms with van der Waals surface area (Å²) in [4.78, 5) is 3.56. The normalized spacial score (nSPS) is 13.3. The molecule has 0 aliphatic heterocycles. The zero-order valence-corrected chi connectivity index (χ0v) is 9.96. The minimum absolute atomic E-state index is 0.358. The van der Waals surface area contributed by atoms with Gasteiger partial charge in [0.1, 0.15) is 0 Å². The molecule has 1 aromatic heterocycles. The first kappa shape index (κ1) is 14.4. The first-order valence-electron chi connectivity index (χ1n) is 5.53. The van der Waals surface area contributed by atoms with Gasteiger partial charge in [-0.3, -0.25) is 4.98 Å². The summed E-state index contributed by atoms with van der Waals surface area (Å²) in [6.45, 7) is 0. The van der Waals surface area contributed by atoms with Crippen molar-refractivity contribution in [2.75, 3.05) is 0 Å². The third-order valence-electron chi connectivity index (χ3n) is 2.81. The molecule has 1 unspecified atom stereocenters. The number of nitrogens with two attached hydrogens (primary N) is 1. The van der Waals surface area contributed by atoms with Crippen molar-refractivity contribution >= 4 is 0 Å². The average Bonchev–Trinajstić information content (AvgIpc) is 2.40. The van der Waals surface area contributed by atoms with Crippen molar-refractivity contribution in [2.24, 2.45) is 5.73 Å². The summed E-state index contributed by atoms with van der Waals surface area (Å²) in [5.41, 5.74) is 3.84. The SMILES string of the molecule is NC(c1cnccc1C(F)(F)F)c1cccc(F)c1F. The summed E-state index contributed by atoms with van der Waals surface area (Å²) < 4.78 is 65.3. The van der Waals surface area contributed by atoms with Crippen molar-refractivity contribution in [3.8, 4) is 0 Å². The van der Waals surface area contributed by atoms with Crippen molar-refractivity contribution in [1.82, 2.24) is 4.98 Å². The van der Waals surface area contributed by atoms with E-state index in [1.807, 2.05) is 0 Å². The van der Waals surface area contributed by atoms with Gasteiger partial charge in [-0.25, -0.2) is 8.78 Å². The number of benzene rings is 1. The van der Waals surface area contributed by atoms with Crippen LogP contribution >= 0.6 is 0 Å². The fraction of sp³-hybridized carbons (Fsp3) is 0.154. The first-order valence-corrected chi connectivity index (χ1v) is 5.53. The molecule has 1 aromatic carbocycles. The third-order valence-corrected chi connectivity index (χ3v) is 2.81. The number of nitrogens with zero attached hydrogens (tertiary/aromatic N) is 1. The zero-order chi connectivity index (χ0) is 14.9. The predicted octanol–water partition coefficient (Wildman–Crippen LogP) is 3.43. The minimum atomic E-state index is -4.65. The molecule has 0 aliphatic rings. The Hall–Kier alpha value is -2.02. The molecule has 106 valence electrons. The summed E-state index contributed by atoms with van der Waals surface area (Å²) in [6.07, 6.45) is -2.79. The summed E-state index contributed by atoms with van der Waals surface area (Å²) >= 11 is 0. The highest BCUT2D eigenvalue weighted by molar-refractivity contribution is 5.37. The van der Waals surface area contributed by atoms with Crippen LogP contribution < -0.4 is 5.73 Å². The van der Waals surface area contributed by atoms with Crippen LogP contribution in [0.3, 0.4) is 0 Å². The van der Waals surface area contributed by atoms with E-state index in [1.165, 1.54) is 6.07 Å². The molecule has 2 nitrogen and oxygen atoms in total. The Morgan fingerprint density at radius 3 is 2.40 bits per heavy atom. The molecule has 2 N–H and O–H groups in total. The fourth-order valence-corrected chi connectivity index (χ4v) is 1.84. The van der Waals surface area contributed by atoms with E-state index in [4.69, 9.17) is 5.73 Å². The van der Waals surface area contributed by atoms with Gasteiger partial charge in [0.05, 0.1) is 11.6 Å². The van der Waals surface area contributed by atoms with Gasteiger partial charge in [-0.2, -0.15) is 13.2 Å². The number of rotatable bonds is 2. The van der Waals surface area contributed by atoms with E-state index < -0.39 is 35.0 Å². The quantitative estimate of drug-likeness (QED) is 0.860. The van der Waals surface area contributed by atoms with Gasteiger partial charge >= 0.3 is 6.18 Å². The number of hydrogen-bond donors (Lipinski definition) is 1. The predicted molar refractivity (Wildman–Crippen MR) is 61.6 cm³/mol. The molecular formula is C13H9F5N2. The Morgan fingerprint density at radius 2 is 1.75 bits per heavy atom. The van der Waals surface area contributed by atoms with Crippen LogP contribution in [0.5, 0.6) is 0 Å². The zero-order valence-electron chi connectivity index (χ0n) is 9.96. The van der Waals surface area contributed by atoms with Crippen molar-refractivity contribution in [2.45, 2.75) is 12.2 Å². The fourth-order valence-electron chi connectivity index (χ4n) is 1.84. The molecule has 20 heavy (non-hydrogen) atoms. The summed E-state index contributed by atoms with van der Waals surface area (Å²) in [5.74, 6) is -2.44. The summed E-state index contributed by atoms with van der Waals surface area (Å²) in [7, 11) is 0. The van der Waals surface area contributed by atoms with Crippen molar-refractivity contribution in [3.05, 3.63) is 65.0 Å². The molecule has 1 atom stereocenters. The maximum Gasteiger partial charge on any atom is 0.416 e. The lowest BCUT2D eigenvalue weighted by Crippen LogP contribution is -2.20. The highest BCUT2D eigenvalue weighted by Crippen LogP contribution is 2.35. The molecule has 0 aliphatic carbocycles. The summed E-state index contributed by atoms with van der Waals surface area (Å²) in [5, 5.41) is 0. The van der Waals surface area contributed by atoms with Gasteiger partial charge in [0.25, 0.3) is 0 Å². The van der Waals surface area contributed by atoms with Crippen molar-refractivity contribution in [1.29, 1.82) is 0 Å². The van der Waals surface area contributed by atoms with Crippen LogP contribution in [0.1, 0.15) is 22.7 Å². The molecule has 2 aromatic rings. The van der Waals surface area contributed by atoms with Gasteiger partial charge in [0.15, 0.2) is 11.6 Å². The number of alkyl halides is 3. The second-order valence-electron chi connectivity index (χ2n) is 4.08. The topological polar surface area (TPSA) is 38.9 Å². The lowest BCUT2D eigenvalue weighted by atomic mass is 9.96. The van der Waals surface area contributed by atoms with Gasteiger partial charge in [-0.15, -0.1) is 0 Å². The molecule has 0 radical (unpaired) electrons. The number of pyridine rings is 1. The van der Waals surface area contributed by atoms with Gasteiger partial charge in [0.2, 0.25) is 0 Å². The molecule has 0 saturated heterocycles. The van der Waals surface area contributed by atoms with Crippen molar-refractivity contribution in [3.63, 3.8) is 0 Å². The largest absolute Gasteiger partial charge is 0.416 e. The standard InChI is InChI=1S/C13H9F5N2/c14-10-3-1-2-7(11(10)15)12(19)8-6-20-5-4-9(8)13(16,17)18/h1-6,12H,19H2. The van der Waals surface area contributed by atoms with Gasteiger partial charge < -0.3 is 5.73 Å². The monoisotopic (exact) mass is 288 g/mol. The van der Waals surface area contributed by atoms with Crippen LogP contribution in [0, 0.1) is 11.6 Å². The lowest BCUT2D eigenvalue weighted by Gasteiger charge is -2.18.